The Morgan fingerprint density at radius 3 is 1.95 bits per heavy atom. The molecule has 7 nitrogen and oxygen atoms in total. The average Bonchev–Trinajstić information content (AvgIpc) is 2.96. The summed E-state index contributed by atoms with van der Waals surface area (Å²) < 4.78 is 84.5. The SMILES string of the molecule is NCCOC(=O)[C@@H]1CN(Cc2ccncc2)CCN1Cc1ccc(-c2ccc(C(O)(C(F)(F)F)C(F)(F)F)cc2)cc1. The van der Waals surface area contributed by atoms with Gasteiger partial charge in [-0.2, -0.15) is 26.3 Å². The van der Waals surface area contributed by atoms with Gasteiger partial charge >= 0.3 is 18.3 Å². The van der Waals surface area contributed by atoms with Crippen LogP contribution in [0.3, 0.4) is 0 Å². The lowest BCUT2D eigenvalue weighted by Crippen LogP contribution is -2.56. The number of hydrogen-bond donors (Lipinski definition) is 2. The highest BCUT2D eigenvalue weighted by Crippen LogP contribution is 2.50. The van der Waals surface area contributed by atoms with Gasteiger partial charge in [0, 0.05) is 57.2 Å². The average molecular weight is 597 g/mol. The number of pyridine rings is 1. The highest BCUT2D eigenvalue weighted by atomic mass is 19.4. The largest absolute Gasteiger partial charge is 0.463 e. The number of alkyl halides is 6. The second-order valence-corrected chi connectivity index (χ2v) is 10.0. The van der Waals surface area contributed by atoms with Gasteiger partial charge in [-0.25, -0.2) is 0 Å². The Morgan fingerprint density at radius 2 is 1.40 bits per heavy atom. The number of carbonyl (C=O) groups is 1. The number of benzene rings is 2. The van der Waals surface area contributed by atoms with Gasteiger partial charge < -0.3 is 15.6 Å². The van der Waals surface area contributed by atoms with Crippen LogP contribution in [0.4, 0.5) is 26.3 Å². The van der Waals surface area contributed by atoms with Gasteiger partial charge in [0.2, 0.25) is 0 Å². The lowest BCUT2D eigenvalue weighted by Gasteiger charge is -2.40. The number of ether oxygens (including phenoxy) is 1. The molecular weight excluding hydrogens is 566 g/mol. The first-order valence-corrected chi connectivity index (χ1v) is 13.1. The molecule has 2 aromatic carbocycles. The summed E-state index contributed by atoms with van der Waals surface area (Å²) in [5, 5.41) is 9.61. The number of rotatable bonds is 9. The van der Waals surface area contributed by atoms with Crippen LogP contribution in [0.15, 0.2) is 73.1 Å². The van der Waals surface area contributed by atoms with E-state index in [0.29, 0.717) is 56.0 Å². The van der Waals surface area contributed by atoms with Crippen molar-refractivity contribution < 1.29 is 41.0 Å². The van der Waals surface area contributed by atoms with Crippen LogP contribution in [-0.4, -0.2) is 77.0 Å². The third-order valence-electron chi connectivity index (χ3n) is 7.16. The van der Waals surface area contributed by atoms with Gasteiger partial charge in [-0.05, 0) is 34.4 Å². The number of carbonyl (C=O) groups excluding carboxylic acids is 1. The normalized spacial score (nSPS) is 17.3. The fourth-order valence-corrected chi connectivity index (χ4v) is 4.86. The summed E-state index contributed by atoms with van der Waals surface area (Å²) in [7, 11) is 0. The summed E-state index contributed by atoms with van der Waals surface area (Å²) in [4.78, 5) is 21.1. The molecule has 13 heteroatoms. The standard InChI is InChI=1S/C29H30F6N4O3/c30-28(31,32)27(41,29(33,34)35)24-7-5-23(6-8-24)22-3-1-20(2-4-22)18-39-15-14-38(17-21-9-12-37-13-10-21)19-25(39)26(40)42-16-11-36/h1-10,12-13,25,41H,11,14-19,36H2/t25-/m0/s1. The summed E-state index contributed by atoms with van der Waals surface area (Å²) >= 11 is 0. The highest BCUT2D eigenvalue weighted by molar-refractivity contribution is 5.76. The Labute approximate surface area is 238 Å². The lowest BCUT2D eigenvalue weighted by molar-refractivity contribution is -0.376. The van der Waals surface area contributed by atoms with Crippen LogP contribution in [0, 0.1) is 0 Å². The van der Waals surface area contributed by atoms with Crippen molar-refractivity contribution in [2.24, 2.45) is 5.73 Å². The summed E-state index contributed by atoms with van der Waals surface area (Å²) in [5.74, 6) is -0.380. The maximum Gasteiger partial charge on any atom is 0.430 e. The number of nitrogens with zero attached hydrogens (tertiary/aromatic N) is 3. The zero-order valence-corrected chi connectivity index (χ0v) is 22.4. The van der Waals surface area contributed by atoms with Crippen LogP contribution in [-0.2, 0) is 28.2 Å². The molecule has 1 saturated heterocycles. The molecule has 0 unspecified atom stereocenters. The van der Waals surface area contributed by atoms with Crippen LogP contribution >= 0.6 is 0 Å². The first-order valence-electron chi connectivity index (χ1n) is 13.1. The van der Waals surface area contributed by atoms with Crippen molar-refractivity contribution in [2.45, 2.75) is 37.1 Å². The summed E-state index contributed by atoms with van der Waals surface area (Å²) in [6.07, 6.45) is -8.48. The maximum atomic E-state index is 13.2. The second kappa shape index (κ2) is 12.8. The molecule has 0 amide bonds. The number of aliphatic hydroxyl groups is 1. The molecule has 1 atom stereocenters. The second-order valence-electron chi connectivity index (χ2n) is 10.0. The van der Waals surface area contributed by atoms with E-state index in [-0.39, 0.29) is 19.1 Å². The first-order chi connectivity index (χ1) is 19.8. The molecule has 1 aromatic heterocycles. The fraction of sp³-hybridized carbons (Fsp3) is 0.379. The molecule has 1 aliphatic heterocycles. The van der Waals surface area contributed by atoms with Gasteiger partial charge in [0.05, 0.1) is 0 Å². The molecule has 2 heterocycles. The van der Waals surface area contributed by atoms with E-state index in [1.54, 1.807) is 36.7 Å². The third kappa shape index (κ3) is 6.92. The predicted molar refractivity (Wildman–Crippen MR) is 142 cm³/mol. The van der Waals surface area contributed by atoms with E-state index >= 15 is 0 Å². The molecule has 4 rings (SSSR count). The lowest BCUT2D eigenvalue weighted by atomic mass is 9.90. The molecule has 0 spiro atoms. The third-order valence-corrected chi connectivity index (χ3v) is 7.16. The van der Waals surface area contributed by atoms with Crippen molar-refractivity contribution in [1.29, 1.82) is 0 Å². The zero-order chi connectivity index (χ0) is 30.5. The summed E-state index contributed by atoms with van der Waals surface area (Å²) in [5.41, 5.74) is 2.03. The van der Waals surface area contributed by atoms with E-state index < -0.39 is 29.6 Å². The topological polar surface area (TPSA) is 91.9 Å². The van der Waals surface area contributed by atoms with Crippen LogP contribution in [0.5, 0.6) is 0 Å². The van der Waals surface area contributed by atoms with E-state index in [2.05, 4.69) is 9.88 Å². The molecule has 3 aromatic rings. The summed E-state index contributed by atoms with van der Waals surface area (Å²) in [6, 6.07) is 13.6. The molecular formula is C29H30F6N4O3. The Hall–Kier alpha value is -3.52. The Bertz CT molecular complexity index is 1300. The van der Waals surface area contributed by atoms with Crippen molar-refractivity contribution >= 4 is 5.97 Å². The number of piperazine rings is 1. The quantitative estimate of drug-likeness (QED) is 0.282. The van der Waals surface area contributed by atoms with Gasteiger partial charge in [-0.3, -0.25) is 19.6 Å². The number of esters is 1. The van der Waals surface area contributed by atoms with E-state index in [9.17, 15) is 36.2 Å². The Morgan fingerprint density at radius 1 is 0.857 bits per heavy atom. The van der Waals surface area contributed by atoms with Gasteiger partial charge in [0.15, 0.2) is 0 Å². The minimum atomic E-state index is -5.95. The Kier molecular flexibility index (Phi) is 9.56. The van der Waals surface area contributed by atoms with Gasteiger partial charge in [0.25, 0.3) is 5.60 Å². The predicted octanol–water partition coefficient (Wildman–Crippen LogP) is 4.25. The number of hydrogen-bond acceptors (Lipinski definition) is 7. The van der Waals surface area contributed by atoms with E-state index in [1.807, 2.05) is 17.0 Å². The van der Waals surface area contributed by atoms with Crippen molar-refractivity contribution in [1.82, 2.24) is 14.8 Å². The molecule has 0 saturated carbocycles. The molecule has 1 fully saturated rings. The van der Waals surface area contributed by atoms with Crippen molar-refractivity contribution in [2.75, 3.05) is 32.8 Å². The van der Waals surface area contributed by atoms with Crippen LogP contribution in [0.2, 0.25) is 0 Å². The number of aromatic nitrogens is 1. The minimum absolute atomic E-state index is 0.102. The van der Waals surface area contributed by atoms with Crippen molar-refractivity contribution in [3.8, 4) is 11.1 Å². The number of nitrogens with two attached hydrogens (primary N) is 1. The fourth-order valence-electron chi connectivity index (χ4n) is 4.86. The van der Waals surface area contributed by atoms with Crippen LogP contribution < -0.4 is 5.73 Å². The van der Waals surface area contributed by atoms with Crippen molar-refractivity contribution in [3.63, 3.8) is 0 Å². The summed E-state index contributed by atoms with van der Waals surface area (Å²) in [6.45, 7) is 3.09. The van der Waals surface area contributed by atoms with Gasteiger partial charge in [-0.1, -0.05) is 48.5 Å². The monoisotopic (exact) mass is 596 g/mol. The minimum Gasteiger partial charge on any atom is -0.463 e. The molecule has 226 valence electrons. The van der Waals surface area contributed by atoms with Crippen LogP contribution in [0.25, 0.3) is 11.1 Å². The van der Waals surface area contributed by atoms with Gasteiger partial charge in [-0.15, -0.1) is 0 Å². The zero-order valence-electron chi connectivity index (χ0n) is 22.4. The number of halogens is 6. The van der Waals surface area contributed by atoms with E-state index in [4.69, 9.17) is 10.5 Å². The first kappa shape index (κ1) is 31.4. The van der Waals surface area contributed by atoms with Gasteiger partial charge in [0.1, 0.15) is 12.6 Å². The maximum absolute atomic E-state index is 13.2. The van der Waals surface area contributed by atoms with Crippen molar-refractivity contribution in [3.05, 3.63) is 89.7 Å². The molecule has 0 radical (unpaired) electrons. The molecule has 0 bridgehead atoms. The van der Waals surface area contributed by atoms with E-state index in [1.165, 1.54) is 0 Å². The van der Waals surface area contributed by atoms with Crippen LogP contribution in [0.1, 0.15) is 16.7 Å². The molecule has 3 N–H and O–H groups in total. The Balaban J connectivity index is 1.47. The van der Waals surface area contributed by atoms with E-state index in [0.717, 1.165) is 23.3 Å². The smallest absolute Gasteiger partial charge is 0.430 e. The molecule has 1 aliphatic rings. The molecule has 0 aliphatic carbocycles. The molecule has 42 heavy (non-hydrogen) atoms. The highest BCUT2D eigenvalue weighted by Gasteiger charge is 2.71.